The number of ketones is 1. The van der Waals surface area contributed by atoms with Crippen molar-refractivity contribution in [2.24, 2.45) is 11.3 Å². The average molecular weight is 528 g/mol. The third kappa shape index (κ3) is 7.31. The quantitative estimate of drug-likeness (QED) is 0.367. The van der Waals surface area contributed by atoms with Gasteiger partial charge < -0.3 is 5.11 Å². The maximum absolute atomic E-state index is 14.2. The highest BCUT2D eigenvalue weighted by Crippen LogP contribution is 2.47. The van der Waals surface area contributed by atoms with Gasteiger partial charge in [0.2, 0.25) is 0 Å². The summed E-state index contributed by atoms with van der Waals surface area (Å²) in [5.41, 5.74) is 0.245. The molecule has 3 rings (SSSR count). The molecular formula is C26H33ClF3N3O3. The molecule has 0 amide bonds. The Morgan fingerprint density at radius 2 is 1.89 bits per heavy atom. The van der Waals surface area contributed by atoms with Gasteiger partial charge >= 0.3 is 12.1 Å². The molecule has 1 fully saturated rings. The van der Waals surface area contributed by atoms with Crippen molar-refractivity contribution in [2.45, 2.75) is 90.8 Å². The van der Waals surface area contributed by atoms with Crippen LogP contribution in [-0.2, 0) is 22.2 Å². The van der Waals surface area contributed by atoms with E-state index in [4.69, 9.17) is 16.7 Å². The second-order valence-electron chi connectivity index (χ2n) is 11.2. The minimum Gasteiger partial charge on any atom is -0.481 e. The molecule has 1 heterocycles. The first-order valence-electron chi connectivity index (χ1n) is 12.1. The third-order valence-electron chi connectivity index (χ3n) is 6.61. The lowest BCUT2D eigenvalue weighted by Crippen LogP contribution is -2.33. The van der Waals surface area contributed by atoms with Crippen LogP contribution in [0.1, 0.15) is 93.8 Å². The van der Waals surface area contributed by atoms with Gasteiger partial charge in [-0.1, -0.05) is 49.7 Å². The van der Waals surface area contributed by atoms with Gasteiger partial charge in [-0.3, -0.25) is 9.59 Å². The molecule has 1 atom stereocenters. The fraction of sp³-hybridized carbons (Fsp3) is 0.615. The molecule has 1 aliphatic carbocycles. The summed E-state index contributed by atoms with van der Waals surface area (Å²) < 4.78 is 43.7. The van der Waals surface area contributed by atoms with E-state index in [9.17, 15) is 22.8 Å². The molecule has 198 valence electrons. The van der Waals surface area contributed by atoms with E-state index in [0.717, 1.165) is 16.7 Å². The van der Waals surface area contributed by atoms with Crippen LogP contribution in [0.5, 0.6) is 0 Å². The van der Waals surface area contributed by atoms with Gasteiger partial charge in [0, 0.05) is 30.2 Å². The molecule has 1 saturated carbocycles. The molecule has 1 unspecified atom stereocenters. The van der Waals surface area contributed by atoms with Gasteiger partial charge in [-0.05, 0) is 61.1 Å². The average Bonchev–Trinajstić information content (AvgIpc) is 3.14. The van der Waals surface area contributed by atoms with Crippen molar-refractivity contribution in [3.05, 3.63) is 45.7 Å². The number of aliphatic carboxylic acids is 1. The highest BCUT2D eigenvalue weighted by molar-refractivity contribution is 6.31. The molecule has 0 aliphatic heterocycles. The van der Waals surface area contributed by atoms with Crippen LogP contribution in [0.25, 0.3) is 0 Å². The van der Waals surface area contributed by atoms with E-state index in [0.29, 0.717) is 29.3 Å². The lowest BCUT2D eigenvalue weighted by atomic mass is 9.71. The molecule has 1 aromatic heterocycles. The zero-order valence-electron chi connectivity index (χ0n) is 21.0. The monoisotopic (exact) mass is 527 g/mol. The maximum atomic E-state index is 14.2. The van der Waals surface area contributed by atoms with Crippen LogP contribution in [0, 0.1) is 18.3 Å². The topological polar surface area (TPSA) is 85.1 Å². The van der Waals surface area contributed by atoms with Gasteiger partial charge in [0.1, 0.15) is 5.78 Å². The first-order chi connectivity index (χ1) is 16.6. The highest BCUT2D eigenvalue weighted by Gasteiger charge is 2.45. The number of hydrogen-bond acceptors (Lipinski definition) is 4. The number of nitrogens with zero attached hydrogens (tertiary/aromatic N) is 3. The van der Waals surface area contributed by atoms with Crippen LogP contribution in [0.2, 0.25) is 5.02 Å². The number of alkyl halides is 3. The molecule has 0 spiro atoms. The van der Waals surface area contributed by atoms with Gasteiger partial charge in [0.25, 0.3) is 0 Å². The van der Waals surface area contributed by atoms with E-state index in [1.54, 1.807) is 18.2 Å². The number of aryl methyl sites for hydroxylation is 1. The third-order valence-corrected chi connectivity index (χ3v) is 6.96. The lowest BCUT2D eigenvalue weighted by molar-refractivity contribution is -0.147. The molecule has 6 nitrogen and oxygen atoms in total. The predicted molar refractivity (Wildman–Crippen MR) is 130 cm³/mol. The number of carbonyl (C=O) groups excluding carboxylic acids is 1. The molecule has 0 bridgehead atoms. The fourth-order valence-corrected chi connectivity index (χ4v) is 5.33. The summed E-state index contributed by atoms with van der Waals surface area (Å²) in [5.74, 6) is -2.20. The van der Waals surface area contributed by atoms with E-state index in [2.05, 4.69) is 31.1 Å². The Kier molecular flexibility index (Phi) is 8.53. The summed E-state index contributed by atoms with van der Waals surface area (Å²) in [7, 11) is 0. The van der Waals surface area contributed by atoms with Crippen molar-refractivity contribution >= 4 is 23.4 Å². The van der Waals surface area contributed by atoms with E-state index in [-0.39, 0.29) is 42.6 Å². The zero-order valence-corrected chi connectivity index (χ0v) is 21.8. The van der Waals surface area contributed by atoms with Crippen LogP contribution in [-0.4, -0.2) is 31.9 Å². The van der Waals surface area contributed by atoms with Gasteiger partial charge in [0.05, 0.1) is 11.7 Å². The molecule has 10 heteroatoms. The van der Waals surface area contributed by atoms with E-state index >= 15 is 0 Å². The smallest absolute Gasteiger partial charge is 0.434 e. The molecule has 1 N–H and O–H groups in total. The Bertz CT molecular complexity index is 1100. The van der Waals surface area contributed by atoms with Crippen molar-refractivity contribution in [3.63, 3.8) is 0 Å². The number of carboxylic acid groups (broad SMARTS) is 1. The van der Waals surface area contributed by atoms with Crippen molar-refractivity contribution in [3.8, 4) is 0 Å². The van der Waals surface area contributed by atoms with Gasteiger partial charge in [-0.25, -0.2) is 4.68 Å². The highest BCUT2D eigenvalue weighted by atomic mass is 35.5. The van der Waals surface area contributed by atoms with E-state index < -0.39 is 29.8 Å². The van der Waals surface area contributed by atoms with Crippen molar-refractivity contribution in [2.75, 3.05) is 0 Å². The van der Waals surface area contributed by atoms with Crippen LogP contribution in [0.4, 0.5) is 13.2 Å². The Balaban J connectivity index is 1.85. The minimum atomic E-state index is -4.74. The normalized spacial score (nSPS) is 19.1. The van der Waals surface area contributed by atoms with Crippen molar-refractivity contribution in [1.82, 2.24) is 15.0 Å². The number of carboxylic acids is 1. The molecule has 2 aromatic rings. The van der Waals surface area contributed by atoms with Crippen LogP contribution in [0.15, 0.2) is 18.2 Å². The number of carbonyl (C=O) groups is 2. The zero-order chi connectivity index (χ0) is 26.8. The Morgan fingerprint density at radius 1 is 1.22 bits per heavy atom. The van der Waals surface area contributed by atoms with Crippen molar-refractivity contribution in [1.29, 1.82) is 0 Å². The van der Waals surface area contributed by atoms with E-state index in [1.165, 1.54) is 0 Å². The second kappa shape index (κ2) is 10.9. The number of rotatable bonds is 10. The van der Waals surface area contributed by atoms with Crippen LogP contribution >= 0.6 is 11.6 Å². The summed E-state index contributed by atoms with van der Waals surface area (Å²) in [4.78, 5) is 24.1. The summed E-state index contributed by atoms with van der Waals surface area (Å²) >= 11 is 6.22. The Morgan fingerprint density at radius 3 is 2.44 bits per heavy atom. The molecular weight excluding hydrogens is 495 g/mol. The summed E-state index contributed by atoms with van der Waals surface area (Å²) in [5, 5.41) is 17.3. The lowest BCUT2D eigenvalue weighted by Gasteiger charge is -2.39. The number of Topliss-reactive ketones (excluding diaryl/α,β-unsaturated/α-hetero) is 1. The van der Waals surface area contributed by atoms with Crippen LogP contribution in [0.3, 0.4) is 0 Å². The molecule has 0 radical (unpaired) electrons. The number of halogens is 4. The molecule has 0 saturated heterocycles. The SMILES string of the molecule is Cc1ccc(CC(=O)CC(CCC(=O)O)c2nnn(C3CC(CC(C)(C)C)C3)c2C(F)(F)F)c(Cl)c1. The van der Waals surface area contributed by atoms with E-state index in [1.807, 2.05) is 6.92 Å². The fourth-order valence-electron chi connectivity index (χ4n) is 5.03. The molecule has 1 aliphatic rings. The van der Waals surface area contributed by atoms with Gasteiger partial charge in [-0.2, -0.15) is 13.2 Å². The van der Waals surface area contributed by atoms with Crippen LogP contribution < -0.4 is 0 Å². The van der Waals surface area contributed by atoms with Crippen molar-refractivity contribution < 1.29 is 27.9 Å². The largest absolute Gasteiger partial charge is 0.481 e. The summed E-state index contributed by atoms with van der Waals surface area (Å²) in [6, 6.07) is 4.81. The summed E-state index contributed by atoms with van der Waals surface area (Å²) in [6.45, 7) is 8.16. The van der Waals surface area contributed by atoms with Gasteiger partial charge in [-0.15, -0.1) is 5.10 Å². The number of aromatic nitrogens is 3. The molecule has 1 aromatic carbocycles. The minimum absolute atomic E-state index is 0.0602. The number of benzene rings is 1. The standard InChI is InChI=1S/C26H33ClF3N3O3/c1-15-5-6-17(21(27)9-15)12-20(34)13-18(7-8-22(35)36)23-24(26(28,29)30)33(32-31-23)19-10-16(11-19)14-25(2,3)4/h5-6,9,16,18-19H,7-8,10-14H2,1-4H3,(H,35,36). The maximum Gasteiger partial charge on any atom is 0.434 e. The first kappa shape index (κ1) is 28.2. The van der Waals surface area contributed by atoms with Gasteiger partial charge in [0.15, 0.2) is 5.69 Å². The summed E-state index contributed by atoms with van der Waals surface area (Å²) in [6.07, 6.45) is -3.55. The predicted octanol–water partition coefficient (Wildman–Crippen LogP) is 6.80. The number of hydrogen-bond donors (Lipinski definition) is 1. The first-order valence-corrected chi connectivity index (χ1v) is 12.5. The molecule has 36 heavy (non-hydrogen) atoms. The second-order valence-corrected chi connectivity index (χ2v) is 11.6. The Labute approximate surface area is 214 Å². The Hall–Kier alpha value is -2.42.